The van der Waals surface area contributed by atoms with Crippen LogP contribution in [0, 0.1) is 0 Å². The Morgan fingerprint density at radius 2 is 2.03 bits per heavy atom. The SMILES string of the molecule is CC(C)n1cc2c(NCc3cnc4ccccc4c3)nc(N3CCC(N(C)C)C3)nc2c1O. The molecule has 1 fully saturated rings. The van der Waals surface area contributed by atoms with E-state index in [1.165, 1.54) is 0 Å². The summed E-state index contributed by atoms with van der Waals surface area (Å²) >= 11 is 0. The van der Waals surface area contributed by atoms with Crippen molar-refractivity contribution in [2.45, 2.75) is 38.9 Å². The highest BCUT2D eigenvalue weighted by atomic mass is 16.3. The zero-order chi connectivity index (χ0) is 23.1. The molecule has 4 aromatic rings. The van der Waals surface area contributed by atoms with E-state index in [9.17, 15) is 5.11 Å². The Morgan fingerprint density at radius 3 is 2.79 bits per heavy atom. The van der Waals surface area contributed by atoms with E-state index in [1.807, 2.05) is 49.0 Å². The molecule has 8 heteroatoms. The molecule has 1 unspecified atom stereocenters. The maximum absolute atomic E-state index is 10.9. The number of rotatable bonds is 6. The van der Waals surface area contributed by atoms with Crippen LogP contribution in [0.3, 0.4) is 0 Å². The number of hydrogen-bond donors (Lipinski definition) is 2. The Bertz CT molecular complexity index is 1300. The first-order chi connectivity index (χ1) is 15.9. The number of aromatic nitrogens is 4. The lowest BCUT2D eigenvalue weighted by molar-refractivity contribution is 0.315. The predicted molar refractivity (Wildman–Crippen MR) is 133 cm³/mol. The highest BCUT2D eigenvalue weighted by molar-refractivity contribution is 5.94. The largest absolute Gasteiger partial charge is 0.493 e. The van der Waals surface area contributed by atoms with Crippen molar-refractivity contribution in [3.8, 4) is 5.88 Å². The second kappa shape index (κ2) is 8.51. The molecule has 33 heavy (non-hydrogen) atoms. The van der Waals surface area contributed by atoms with Gasteiger partial charge in [0, 0.05) is 49.5 Å². The third-order valence-electron chi connectivity index (χ3n) is 6.50. The van der Waals surface area contributed by atoms with Crippen molar-refractivity contribution in [1.82, 2.24) is 24.4 Å². The van der Waals surface area contributed by atoms with Gasteiger partial charge in [-0.25, -0.2) is 4.98 Å². The molecule has 0 saturated carbocycles. The Labute approximate surface area is 193 Å². The normalized spacial score (nSPS) is 16.5. The van der Waals surface area contributed by atoms with Crippen molar-refractivity contribution in [2.75, 3.05) is 37.4 Å². The number of aromatic hydroxyl groups is 1. The van der Waals surface area contributed by atoms with Crippen LogP contribution in [0.1, 0.15) is 31.9 Å². The van der Waals surface area contributed by atoms with Gasteiger partial charge in [-0.15, -0.1) is 0 Å². The van der Waals surface area contributed by atoms with Crippen LogP contribution in [0.25, 0.3) is 21.8 Å². The summed E-state index contributed by atoms with van der Waals surface area (Å²) in [6.45, 7) is 6.44. The average Bonchev–Trinajstić information content (AvgIpc) is 3.43. The molecule has 1 saturated heterocycles. The van der Waals surface area contributed by atoms with Gasteiger partial charge in [-0.05, 0) is 52.1 Å². The summed E-state index contributed by atoms with van der Waals surface area (Å²) in [5.74, 6) is 1.57. The second-order valence-corrected chi connectivity index (χ2v) is 9.33. The maximum Gasteiger partial charge on any atom is 0.228 e. The molecule has 0 bridgehead atoms. The van der Waals surface area contributed by atoms with Gasteiger partial charge in [0.05, 0.1) is 10.9 Å². The summed E-state index contributed by atoms with van der Waals surface area (Å²) < 4.78 is 1.85. The van der Waals surface area contributed by atoms with Crippen LogP contribution < -0.4 is 10.2 Å². The fraction of sp³-hybridized carbons (Fsp3) is 0.400. The van der Waals surface area contributed by atoms with E-state index in [0.29, 0.717) is 24.1 Å². The van der Waals surface area contributed by atoms with Gasteiger partial charge >= 0.3 is 0 Å². The van der Waals surface area contributed by atoms with Gasteiger partial charge in [-0.3, -0.25) is 4.98 Å². The molecule has 0 spiro atoms. The van der Waals surface area contributed by atoms with Crippen molar-refractivity contribution in [1.29, 1.82) is 0 Å². The van der Waals surface area contributed by atoms with Crippen LogP contribution in [-0.2, 0) is 6.54 Å². The monoisotopic (exact) mass is 445 g/mol. The van der Waals surface area contributed by atoms with Gasteiger partial charge in [-0.1, -0.05) is 18.2 Å². The van der Waals surface area contributed by atoms with Gasteiger partial charge in [0.2, 0.25) is 11.8 Å². The summed E-state index contributed by atoms with van der Waals surface area (Å²) in [7, 11) is 4.22. The molecule has 5 rings (SSSR count). The smallest absolute Gasteiger partial charge is 0.228 e. The van der Waals surface area contributed by atoms with Crippen LogP contribution in [0.5, 0.6) is 5.88 Å². The molecule has 1 aliphatic heterocycles. The Hall–Kier alpha value is -3.39. The number of anilines is 2. The first kappa shape index (κ1) is 21.5. The van der Waals surface area contributed by atoms with E-state index in [-0.39, 0.29) is 11.9 Å². The number of nitrogens with zero attached hydrogens (tertiary/aromatic N) is 6. The predicted octanol–water partition coefficient (Wildman–Crippen LogP) is 4.02. The van der Waals surface area contributed by atoms with Crippen LogP contribution in [0.15, 0.2) is 42.7 Å². The lowest BCUT2D eigenvalue weighted by Gasteiger charge is -2.21. The van der Waals surface area contributed by atoms with Gasteiger partial charge < -0.3 is 24.8 Å². The first-order valence-electron chi connectivity index (χ1n) is 11.5. The Morgan fingerprint density at radius 1 is 1.21 bits per heavy atom. The minimum Gasteiger partial charge on any atom is -0.493 e. The average molecular weight is 446 g/mol. The molecule has 0 amide bonds. The fourth-order valence-electron chi connectivity index (χ4n) is 4.49. The molecular weight excluding hydrogens is 414 g/mol. The Balaban J connectivity index is 1.50. The number of fused-ring (bicyclic) bond motifs is 2. The van der Waals surface area contributed by atoms with Crippen LogP contribution in [0.4, 0.5) is 11.8 Å². The lowest BCUT2D eigenvalue weighted by Crippen LogP contribution is -2.32. The van der Waals surface area contributed by atoms with Crippen molar-refractivity contribution in [3.05, 3.63) is 48.3 Å². The highest BCUT2D eigenvalue weighted by Gasteiger charge is 2.27. The zero-order valence-corrected chi connectivity index (χ0v) is 19.7. The molecule has 4 heterocycles. The van der Waals surface area contributed by atoms with Gasteiger partial charge in [0.15, 0.2) is 0 Å². The minimum atomic E-state index is 0.116. The molecule has 0 radical (unpaired) electrons. The second-order valence-electron chi connectivity index (χ2n) is 9.33. The molecule has 2 N–H and O–H groups in total. The number of benzene rings is 1. The minimum absolute atomic E-state index is 0.116. The number of likely N-dealkylation sites (N-methyl/N-ethyl adjacent to an activating group) is 1. The number of pyridine rings is 1. The molecule has 1 aromatic carbocycles. The lowest BCUT2D eigenvalue weighted by atomic mass is 10.1. The third kappa shape index (κ3) is 4.06. The topological polar surface area (TPSA) is 82.3 Å². The van der Waals surface area contributed by atoms with Gasteiger partial charge in [0.1, 0.15) is 11.3 Å². The molecule has 8 nitrogen and oxygen atoms in total. The number of hydrogen-bond acceptors (Lipinski definition) is 7. The maximum atomic E-state index is 10.9. The summed E-state index contributed by atoms with van der Waals surface area (Å²) in [6, 6.07) is 10.8. The quantitative estimate of drug-likeness (QED) is 0.464. The summed E-state index contributed by atoms with van der Waals surface area (Å²) in [4.78, 5) is 18.7. The van der Waals surface area contributed by atoms with Crippen LogP contribution in [-0.4, -0.2) is 62.8 Å². The number of para-hydroxylation sites is 1. The van der Waals surface area contributed by atoms with Crippen molar-refractivity contribution >= 4 is 33.6 Å². The molecule has 1 atom stereocenters. The molecular formula is C25H31N7O. The first-order valence-corrected chi connectivity index (χ1v) is 11.5. The molecule has 3 aromatic heterocycles. The van der Waals surface area contributed by atoms with Crippen molar-refractivity contribution in [3.63, 3.8) is 0 Å². The molecule has 1 aliphatic rings. The van der Waals surface area contributed by atoms with Gasteiger partial charge in [-0.2, -0.15) is 4.98 Å². The summed E-state index contributed by atoms with van der Waals surface area (Å²) in [5, 5.41) is 16.3. The van der Waals surface area contributed by atoms with Gasteiger partial charge in [0.25, 0.3) is 0 Å². The van der Waals surface area contributed by atoms with Crippen molar-refractivity contribution in [2.24, 2.45) is 0 Å². The summed E-state index contributed by atoms with van der Waals surface area (Å²) in [6.07, 6.45) is 4.90. The van der Waals surface area contributed by atoms with Crippen molar-refractivity contribution < 1.29 is 5.11 Å². The third-order valence-corrected chi connectivity index (χ3v) is 6.50. The summed E-state index contributed by atoms with van der Waals surface area (Å²) in [5.41, 5.74) is 2.64. The fourth-order valence-corrected chi connectivity index (χ4v) is 4.49. The molecule has 172 valence electrons. The van der Waals surface area contributed by atoms with E-state index in [1.54, 1.807) is 0 Å². The molecule has 0 aliphatic carbocycles. The van der Waals surface area contributed by atoms with E-state index in [4.69, 9.17) is 9.97 Å². The van der Waals surface area contributed by atoms with E-state index in [0.717, 1.165) is 47.2 Å². The Kier molecular flexibility index (Phi) is 5.54. The van der Waals surface area contributed by atoms with Crippen LogP contribution >= 0.6 is 0 Å². The van der Waals surface area contributed by atoms with E-state index < -0.39 is 0 Å². The van der Waals surface area contributed by atoms with E-state index >= 15 is 0 Å². The standard InChI is InChI=1S/C25H31N7O/c1-16(2)32-15-20-22(24(32)33)28-25(31-10-9-19(14-31)30(3)4)29-23(20)27-13-17-11-18-7-5-6-8-21(18)26-12-17/h5-8,11-12,15-16,19,33H,9-10,13-14H2,1-4H3,(H,27,28,29). The zero-order valence-electron chi connectivity index (χ0n) is 19.7. The van der Waals surface area contributed by atoms with Crippen LogP contribution in [0.2, 0.25) is 0 Å². The van der Waals surface area contributed by atoms with E-state index in [2.05, 4.69) is 46.3 Å². The number of nitrogens with one attached hydrogen (secondary N) is 1. The highest BCUT2D eigenvalue weighted by Crippen LogP contribution is 2.35.